The highest BCUT2D eigenvalue weighted by molar-refractivity contribution is 5.89. The highest BCUT2D eigenvalue weighted by atomic mass is 16.5. The maximum Gasteiger partial charge on any atom is 0.338 e. The Labute approximate surface area is 145 Å². The predicted octanol–water partition coefficient (Wildman–Crippen LogP) is 2.48. The molecule has 0 spiro atoms. The van der Waals surface area contributed by atoms with Crippen molar-refractivity contribution in [2.75, 3.05) is 26.3 Å². The molecule has 1 aromatic rings. The van der Waals surface area contributed by atoms with Gasteiger partial charge < -0.3 is 14.4 Å². The topological polar surface area (TPSA) is 40.0 Å². The fraction of sp³-hybridized carbons (Fsp3) is 0.650. The number of piperidine rings is 2. The fourth-order valence-corrected chi connectivity index (χ4v) is 4.36. The highest BCUT2D eigenvalue weighted by Gasteiger charge is 2.36. The van der Waals surface area contributed by atoms with Gasteiger partial charge in [0.05, 0.1) is 37.9 Å². The Morgan fingerprint density at radius 2 is 1.92 bits per heavy atom. The van der Waals surface area contributed by atoms with Gasteiger partial charge in [0.2, 0.25) is 0 Å². The standard InChI is InChI=1S/C20H29NO3/c1-2-23-18-10-8-17(9-11-18)20(22)24-15-12-16-6-5-14-21-13-4-3-7-19(16)21/h8-11,16,19H,2-7,12-15H2,1H3/p+1/t16-,19-/m0/s1. The van der Waals surface area contributed by atoms with Crippen molar-refractivity contribution in [3.05, 3.63) is 29.8 Å². The largest absolute Gasteiger partial charge is 0.494 e. The summed E-state index contributed by atoms with van der Waals surface area (Å²) in [5, 5.41) is 0. The van der Waals surface area contributed by atoms with Crippen LogP contribution < -0.4 is 9.64 Å². The van der Waals surface area contributed by atoms with Crippen LogP contribution >= 0.6 is 0 Å². The molecule has 2 heterocycles. The van der Waals surface area contributed by atoms with Crippen molar-refractivity contribution in [2.45, 2.75) is 51.5 Å². The smallest absolute Gasteiger partial charge is 0.338 e. The van der Waals surface area contributed by atoms with Crippen LogP contribution in [0.5, 0.6) is 5.75 Å². The molecular formula is C20H30NO3+. The number of quaternary nitrogens is 1. The Hall–Kier alpha value is -1.55. The van der Waals surface area contributed by atoms with E-state index in [1.165, 1.54) is 45.2 Å². The molecule has 1 N–H and O–H groups in total. The van der Waals surface area contributed by atoms with Gasteiger partial charge in [-0.25, -0.2) is 4.79 Å². The zero-order valence-corrected chi connectivity index (χ0v) is 14.8. The third kappa shape index (κ3) is 4.29. The normalized spacial score (nSPS) is 26.5. The van der Waals surface area contributed by atoms with Crippen molar-refractivity contribution in [3.8, 4) is 5.75 Å². The van der Waals surface area contributed by atoms with E-state index in [0.29, 0.717) is 18.8 Å². The van der Waals surface area contributed by atoms with Gasteiger partial charge in [-0.2, -0.15) is 0 Å². The van der Waals surface area contributed by atoms with E-state index >= 15 is 0 Å². The Kier molecular flexibility index (Phi) is 6.13. The average Bonchev–Trinajstić information content (AvgIpc) is 2.63. The third-order valence-electron chi connectivity index (χ3n) is 5.55. The Balaban J connectivity index is 1.46. The number of hydrogen-bond donors (Lipinski definition) is 1. The molecule has 0 radical (unpaired) electrons. The lowest BCUT2D eigenvalue weighted by atomic mass is 9.82. The minimum atomic E-state index is -0.221. The molecule has 1 aromatic carbocycles. The van der Waals surface area contributed by atoms with Gasteiger partial charge in [0, 0.05) is 5.92 Å². The molecule has 0 bridgehead atoms. The first-order valence-electron chi connectivity index (χ1n) is 9.52. The van der Waals surface area contributed by atoms with E-state index in [0.717, 1.165) is 24.1 Å². The zero-order valence-electron chi connectivity index (χ0n) is 14.8. The van der Waals surface area contributed by atoms with Gasteiger partial charge in [0.25, 0.3) is 0 Å². The lowest BCUT2D eigenvalue weighted by Gasteiger charge is -2.41. The van der Waals surface area contributed by atoms with E-state index in [4.69, 9.17) is 9.47 Å². The first kappa shape index (κ1) is 17.3. The molecule has 0 amide bonds. The molecule has 2 aliphatic heterocycles. The van der Waals surface area contributed by atoms with Gasteiger partial charge in [0.1, 0.15) is 5.75 Å². The molecule has 4 heteroatoms. The molecule has 4 nitrogen and oxygen atoms in total. The predicted molar refractivity (Wildman–Crippen MR) is 93.6 cm³/mol. The van der Waals surface area contributed by atoms with Crippen LogP contribution in [0.3, 0.4) is 0 Å². The second-order valence-electron chi connectivity index (χ2n) is 7.04. The van der Waals surface area contributed by atoms with Gasteiger partial charge in [-0.05, 0) is 69.7 Å². The minimum absolute atomic E-state index is 0.221. The Bertz CT molecular complexity index is 526. The summed E-state index contributed by atoms with van der Waals surface area (Å²) in [7, 11) is 0. The number of carbonyl (C=O) groups is 1. The average molecular weight is 332 g/mol. The van der Waals surface area contributed by atoms with Crippen LogP contribution in [0.4, 0.5) is 0 Å². The summed E-state index contributed by atoms with van der Waals surface area (Å²) in [5.74, 6) is 1.29. The van der Waals surface area contributed by atoms with Crippen molar-refractivity contribution in [1.29, 1.82) is 0 Å². The summed E-state index contributed by atoms with van der Waals surface area (Å²) in [6.45, 7) is 5.80. The van der Waals surface area contributed by atoms with Gasteiger partial charge in [0.15, 0.2) is 0 Å². The summed E-state index contributed by atoms with van der Waals surface area (Å²) in [6, 6.07) is 8.01. The monoisotopic (exact) mass is 332 g/mol. The second kappa shape index (κ2) is 8.52. The zero-order chi connectivity index (χ0) is 16.8. The Morgan fingerprint density at radius 3 is 2.71 bits per heavy atom. The van der Waals surface area contributed by atoms with Crippen molar-refractivity contribution in [1.82, 2.24) is 0 Å². The van der Waals surface area contributed by atoms with Crippen molar-refractivity contribution >= 4 is 5.97 Å². The van der Waals surface area contributed by atoms with Crippen molar-refractivity contribution in [3.63, 3.8) is 0 Å². The number of carbonyl (C=O) groups excluding carboxylic acids is 1. The molecule has 2 aliphatic rings. The van der Waals surface area contributed by atoms with Crippen LogP contribution in [0, 0.1) is 5.92 Å². The molecule has 2 fully saturated rings. The SMILES string of the molecule is CCOc1ccc(C(=O)OCC[C@@H]2CCC[NH+]3CCCC[C@@H]23)cc1. The number of fused-ring (bicyclic) bond motifs is 1. The summed E-state index contributed by atoms with van der Waals surface area (Å²) in [5.41, 5.74) is 0.604. The van der Waals surface area contributed by atoms with E-state index in [2.05, 4.69) is 0 Å². The quantitative estimate of drug-likeness (QED) is 0.814. The van der Waals surface area contributed by atoms with E-state index < -0.39 is 0 Å². The van der Waals surface area contributed by atoms with Crippen LogP contribution in [0.15, 0.2) is 24.3 Å². The minimum Gasteiger partial charge on any atom is -0.494 e. The lowest BCUT2D eigenvalue weighted by molar-refractivity contribution is -0.940. The number of benzene rings is 1. The molecule has 1 unspecified atom stereocenters. The highest BCUT2D eigenvalue weighted by Crippen LogP contribution is 2.23. The number of rotatable bonds is 6. The number of ether oxygens (including phenoxy) is 2. The van der Waals surface area contributed by atoms with E-state index in [1.807, 2.05) is 19.1 Å². The summed E-state index contributed by atoms with van der Waals surface area (Å²) < 4.78 is 10.9. The van der Waals surface area contributed by atoms with E-state index in [-0.39, 0.29) is 5.97 Å². The number of esters is 1. The number of nitrogens with one attached hydrogen (secondary N) is 1. The van der Waals surface area contributed by atoms with E-state index in [9.17, 15) is 4.79 Å². The maximum absolute atomic E-state index is 12.2. The molecule has 132 valence electrons. The van der Waals surface area contributed by atoms with Crippen LogP contribution in [0.1, 0.15) is 55.8 Å². The lowest BCUT2D eigenvalue weighted by Crippen LogP contribution is -3.18. The van der Waals surface area contributed by atoms with Crippen LogP contribution in [0.2, 0.25) is 0 Å². The summed E-state index contributed by atoms with van der Waals surface area (Å²) in [4.78, 5) is 14.0. The van der Waals surface area contributed by atoms with Gasteiger partial charge in [-0.1, -0.05) is 0 Å². The van der Waals surface area contributed by atoms with Crippen LogP contribution in [-0.4, -0.2) is 38.3 Å². The third-order valence-corrected chi connectivity index (χ3v) is 5.55. The maximum atomic E-state index is 12.2. The molecule has 0 saturated carbocycles. The molecule has 3 rings (SSSR count). The fourth-order valence-electron chi connectivity index (χ4n) is 4.36. The molecule has 2 saturated heterocycles. The van der Waals surface area contributed by atoms with Gasteiger partial charge in [-0.15, -0.1) is 0 Å². The first-order valence-corrected chi connectivity index (χ1v) is 9.52. The molecule has 24 heavy (non-hydrogen) atoms. The molecule has 0 aliphatic carbocycles. The first-order chi connectivity index (χ1) is 11.8. The van der Waals surface area contributed by atoms with Crippen molar-refractivity contribution < 1.29 is 19.2 Å². The van der Waals surface area contributed by atoms with E-state index in [1.54, 1.807) is 17.0 Å². The molecule has 0 aromatic heterocycles. The van der Waals surface area contributed by atoms with Crippen LogP contribution in [0.25, 0.3) is 0 Å². The number of hydrogen-bond acceptors (Lipinski definition) is 3. The molecular weight excluding hydrogens is 302 g/mol. The van der Waals surface area contributed by atoms with Crippen LogP contribution in [-0.2, 0) is 4.74 Å². The summed E-state index contributed by atoms with van der Waals surface area (Å²) in [6.07, 6.45) is 7.74. The second-order valence-corrected chi connectivity index (χ2v) is 7.04. The molecule has 3 atom stereocenters. The van der Waals surface area contributed by atoms with Gasteiger partial charge >= 0.3 is 5.97 Å². The summed E-state index contributed by atoms with van der Waals surface area (Å²) >= 11 is 0. The van der Waals surface area contributed by atoms with Gasteiger partial charge in [-0.3, -0.25) is 0 Å². The van der Waals surface area contributed by atoms with Crippen molar-refractivity contribution in [2.24, 2.45) is 5.92 Å². The Morgan fingerprint density at radius 1 is 1.12 bits per heavy atom.